The highest BCUT2D eigenvalue weighted by Gasteiger charge is 2.41. The van der Waals surface area contributed by atoms with Gasteiger partial charge in [-0.2, -0.15) is 5.10 Å². The number of ether oxygens (including phenoxy) is 2. The number of methoxy groups -OCH3 is 1. The third kappa shape index (κ3) is 3.12. The van der Waals surface area contributed by atoms with Crippen LogP contribution in [0, 0.1) is 5.82 Å². The van der Waals surface area contributed by atoms with Gasteiger partial charge in [-0.05, 0) is 48.0 Å². The number of fused-ring (bicyclic) bond motifs is 3. The third-order valence-electron chi connectivity index (χ3n) is 5.35. The van der Waals surface area contributed by atoms with E-state index < -0.39 is 12.0 Å². The first-order valence-corrected chi connectivity index (χ1v) is 9.72. The Hall–Kier alpha value is -3.05. The Morgan fingerprint density at radius 1 is 1.10 bits per heavy atom. The quantitative estimate of drug-likeness (QED) is 0.555. The minimum Gasteiger partial charge on any atom is -0.497 e. The lowest BCUT2D eigenvalue weighted by molar-refractivity contribution is -0.0192. The van der Waals surface area contributed by atoms with Gasteiger partial charge in [0.05, 0.1) is 23.9 Å². The lowest BCUT2D eigenvalue weighted by Gasteiger charge is -2.38. The average Bonchev–Trinajstić information content (AvgIpc) is 3.21. The van der Waals surface area contributed by atoms with E-state index in [1.54, 1.807) is 19.2 Å². The zero-order chi connectivity index (χ0) is 20.0. The van der Waals surface area contributed by atoms with E-state index in [0.29, 0.717) is 5.56 Å². The molecule has 5 rings (SSSR count). The molecule has 0 aliphatic carbocycles. The fourth-order valence-electron chi connectivity index (χ4n) is 3.88. The van der Waals surface area contributed by atoms with Crippen LogP contribution in [0.4, 0.5) is 4.39 Å². The summed E-state index contributed by atoms with van der Waals surface area (Å²) in [6, 6.07) is 20.5. The zero-order valence-corrected chi connectivity index (χ0v) is 16.4. The van der Waals surface area contributed by atoms with Crippen molar-refractivity contribution in [1.29, 1.82) is 0 Å². The van der Waals surface area contributed by atoms with Gasteiger partial charge in [-0.15, -0.1) is 0 Å². The monoisotopic (exact) mass is 408 g/mol. The lowest BCUT2D eigenvalue weighted by Crippen LogP contribution is -2.33. The van der Waals surface area contributed by atoms with Gasteiger partial charge in [0.2, 0.25) is 6.23 Å². The molecule has 2 aliphatic heterocycles. The minimum atomic E-state index is -0.530. The van der Waals surface area contributed by atoms with Crippen LogP contribution < -0.4 is 9.47 Å². The molecule has 0 amide bonds. The molecule has 3 aromatic carbocycles. The van der Waals surface area contributed by atoms with Gasteiger partial charge in [0.1, 0.15) is 17.3 Å². The predicted octanol–water partition coefficient (Wildman–Crippen LogP) is 5.73. The van der Waals surface area contributed by atoms with Crippen molar-refractivity contribution in [2.24, 2.45) is 5.10 Å². The number of para-hydroxylation sites is 1. The number of hydrogen-bond acceptors (Lipinski definition) is 4. The first-order valence-electron chi connectivity index (χ1n) is 9.35. The van der Waals surface area contributed by atoms with Crippen molar-refractivity contribution in [2.45, 2.75) is 18.7 Å². The zero-order valence-electron chi connectivity index (χ0n) is 15.7. The summed E-state index contributed by atoms with van der Waals surface area (Å²) in [4.78, 5) is 0. The summed E-state index contributed by atoms with van der Waals surface area (Å²) in [5, 5.41) is 6.88. The maximum absolute atomic E-state index is 14.1. The van der Waals surface area contributed by atoms with Crippen LogP contribution in [0.1, 0.15) is 35.4 Å². The molecule has 0 aromatic heterocycles. The number of benzene rings is 3. The Labute approximate surface area is 173 Å². The lowest BCUT2D eigenvalue weighted by atomic mass is 9.96. The van der Waals surface area contributed by atoms with Crippen molar-refractivity contribution in [2.75, 3.05) is 7.11 Å². The molecule has 0 fully saturated rings. The van der Waals surface area contributed by atoms with E-state index >= 15 is 0 Å². The van der Waals surface area contributed by atoms with Crippen molar-refractivity contribution >= 4 is 17.3 Å². The molecule has 3 aromatic rings. The third-order valence-corrected chi connectivity index (χ3v) is 5.66. The van der Waals surface area contributed by atoms with Crippen molar-refractivity contribution in [3.8, 4) is 11.5 Å². The Kier molecular flexibility index (Phi) is 4.40. The molecule has 0 spiro atoms. The van der Waals surface area contributed by atoms with Gasteiger partial charge in [-0.3, -0.25) is 0 Å². The van der Waals surface area contributed by atoms with E-state index in [2.05, 4.69) is 6.07 Å². The molecule has 0 bridgehead atoms. The van der Waals surface area contributed by atoms with Crippen LogP contribution in [0.3, 0.4) is 0 Å². The molecule has 29 heavy (non-hydrogen) atoms. The van der Waals surface area contributed by atoms with Gasteiger partial charge in [-0.25, -0.2) is 9.40 Å². The number of hydrazone groups is 1. The van der Waals surface area contributed by atoms with Gasteiger partial charge in [0.25, 0.3) is 0 Å². The second-order valence-electron chi connectivity index (χ2n) is 7.06. The second-order valence-corrected chi connectivity index (χ2v) is 7.46. The molecule has 0 unspecified atom stereocenters. The van der Waals surface area contributed by atoms with E-state index in [4.69, 9.17) is 26.2 Å². The normalized spacial score (nSPS) is 19.8. The first-order chi connectivity index (χ1) is 14.1. The molecule has 4 nitrogen and oxygen atoms in total. The van der Waals surface area contributed by atoms with Crippen LogP contribution >= 0.6 is 11.6 Å². The Bertz CT molecular complexity index is 1100. The molecule has 0 N–H and O–H groups in total. The maximum atomic E-state index is 14.1. The summed E-state index contributed by atoms with van der Waals surface area (Å²) in [6.07, 6.45) is 0.205. The summed E-state index contributed by atoms with van der Waals surface area (Å²) >= 11 is 5.87. The fourth-order valence-corrected chi connectivity index (χ4v) is 4.00. The first kappa shape index (κ1) is 18.0. The summed E-state index contributed by atoms with van der Waals surface area (Å²) in [5.74, 6) is 1.12. The molecule has 2 aliphatic rings. The van der Waals surface area contributed by atoms with E-state index in [-0.39, 0.29) is 11.1 Å². The Balaban J connectivity index is 1.57. The van der Waals surface area contributed by atoms with E-state index in [1.165, 1.54) is 6.07 Å². The van der Waals surface area contributed by atoms with Crippen LogP contribution in [0.25, 0.3) is 0 Å². The van der Waals surface area contributed by atoms with Gasteiger partial charge >= 0.3 is 0 Å². The van der Waals surface area contributed by atoms with Crippen molar-refractivity contribution < 1.29 is 13.9 Å². The van der Waals surface area contributed by atoms with Crippen LogP contribution in [-0.4, -0.2) is 17.8 Å². The summed E-state index contributed by atoms with van der Waals surface area (Å²) in [5.41, 5.74) is 3.73. The Morgan fingerprint density at radius 3 is 2.66 bits per heavy atom. The van der Waals surface area contributed by atoms with Gasteiger partial charge < -0.3 is 9.47 Å². The van der Waals surface area contributed by atoms with Crippen LogP contribution in [0.2, 0.25) is 5.02 Å². The predicted molar refractivity (Wildman–Crippen MR) is 110 cm³/mol. The van der Waals surface area contributed by atoms with E-state index in [9.17, 15) is 4.39 Å². The van der Waals surface area contributed by atoms with Crippen LogP contribution in [0.5, 0.6) is 11.5 Å². The maximum Gasteiger partial charge on any atom is 0.213 e. The highest BCUT2D eigenvalue weighted by Crippen LogP contribution is 2.47. The minimum absolute atomic E-state index is 0.0146. The molecule has 6 heteroatoms. The second kappa shape index (κ2) is 7.08. The Morgan fingerprint density at radius 2 is 1.90 bits per heavy atom. The summed E-state index contributed by atoms with van der Waals surface area (Å²) in [6.45, 7) is 0. The van der Waals surface area contributed by atoms with Crippen molar-refractivity contribution in [3.05, 3.63) is 94.3 Å². The smallest absolute Gasteiger partial charge is 0.213 e. The van der Waals surface area contributed by atoms with Crippen molar-refractivity contribution in [3.63, 3.8) is 0 Å². The molecule has 0 saturated carbocycles. The van der Waals surface area contributed by atoms with E-state index in [0.717, 1.165) is 34.8 Å². The van der Waals surface area contributed by atoms with Crippen LogP contribution in [-0.2, 0) is 0 Å². The number of nitrogens with zero attached hydrogens (tertiary/aromatic N) is 2. The average molecular weight is 409 g/mol. The summed E-state index contributed by atoms with van der Waals surface area (Å²) < 4.78 is 25.6. The largest absolute Gasteiger partial charge is 0.497 e. The standard InChI is InChI=1S/C23H18ClFN2O2/c1-28-16-9-6-14(7-10-16)20-13-21-17-4-2-3-5-22(17)29-23(27(21)26-20)15-8-11-18(24)19(25)12-15/h2-12,21,23H,13H2,1H3/t21-,23-/m1/s1. The highest BCUT2D eigenvalue weighted by atomic mass is 35.5. The van der Waals surface area contributed by atoms with Crippen molar-refractivity contribution in [1.82, 2.24) is 5.01 Å². The number of halogens is 2. The fraction of sp³-hybridized carbons (Fsp3) is 0.174. The number of rotatable bonds is 3. The topological polar surface area (TPSA) is 34.1 Å². The summed E-state index contributed by atoms with van der Waals surface area (Å²) in [7, 11) is 1.65. The molecule has 0 saturated heterocycles. The van der Waals surface area contributed by atoms with Gasteiger partial charge in [0.15, 0.2) is 0 Å². The molecular weight excluding hydrogens is 391 g/mol. The van der Waals surface area contributed by atoms with Gasteiger partial charge in [0, 0.05) is 17.5 Å². The molecule has 146 valence electrons. The molecule has 0 radical (unpaired) electrons. The van der Waals surface area contributed by atoms with E-state index in [1.807, 2.05) is 47.5 Å². The SMILES string of the molecule is COc1ccc(C2=NN3[C@H](C2)c2ccccc2O[C@@H]3c2ccc(Cl)c(F)c2)cc1. The van der Waals surface area contributed by atoms with Crippen LogP contribution in [0.15, 0.2) is 71.8 Å². The highest BCUT2D eigenvalue weighted by molar-refractivity contribution is 6.30. The van der Waals surface area contributed by atoms with Gasteiger partial charge in [-0.1, -0.05) is 35.9 Å². The molecular formula is C23H18ClFN2O2. The number of hydrogen-bond donors (Lipinski definition) is 0. The molecule has 2 heterocycles. The molecule has 2 atom stereocenters.